The van der Waals surface area contributed by atoms with Gasteiger partial charge in [0.2, 0.25) is 5.91 Å². The molecule has 0 aromatic carbocycles. The van der Waals surface area contributed by atoms with E-state index in [-0.39, 0.29) is 17.9 Å². The summed E-state index contributed by atoms with van der Waals surface area (Å²) in [5, 5.41) is 5.71. The van der Waals surface area contributed by atoms with Crippen molar-refractivity contribution >= 4 is 11.6 Å². The van der Waals surface area contributed by atoms with Crippen molar-refractivity contribution in [2.45, 2.75) is 32.6 Å². The van der Waals surface area contributed by atoms with E-state index < -0.39 is 0 Å². The predicted molar refractivity (Wildman–Crippen MR) is 91.6 cm³/mol. The number of carbonyl (C=O) groups excluding carboxylic acids is 1. The number of hydrogen-bond acceptors (Lipinski definition) is 4. The Labute approximate surface area is 144 Å². The largest absolute Gasteiger partial charge is 0.469 e. The fourth-order valence-electron chi connectivity index (χ4n) is 3.40. The molecule has 4 rings (SSSR count). The molecule has 3 heterocycles. The Kier molecular flexibility index (Phi) is 3.71. The lowest BCUT2D eigenvalue weighted by Gasteiger charge is -2.11. The third-order valence-electron chi connectivity index (χ3n) is 4.93. The fourth-order valence-corrected chi connectivity index (χ4v) is 3.40. The van der Waals surface area contributed by atoms with Gasteiger partial charge in [0.15, 0.2) is 5.65 Å². The van der Waals surface area contributed by atoms with E-state index in [1.807, 2.05) is 26.0 Å². The van der Waals surface area contributed by atoms with E-state index in [2.05, 4.69) is 15.4 Å². The van der Waals surface area contributed by atoms with Crippen molar-refractivity contribution < 1.29 is 9.21 Å². The van der Waals surface area contributed by atoms with Crippen molar-refractivity contribution in [3.63, 3.8) is 0 Å². The number of nitrogens with zero attached hydrogens (tertiary/aromatic N) is 2. The molecule has 0 radical (unpaired) electrons. The van der Waals surface area contributed by atoms with Crippen LogP contribution in [0.5, 0.6) is 0 Å². The zero-order valence-electron chi connectivity index (χ0n) is 14.2. The minimum atomic E-state index is -0.200. The normalized spacial score (nSPS) is 19.3. The molecule has 1 aliphatic carbocycles. The molecule has 0 aliphatic heterocycles. The van der Waals surface area contributed by atoms with Crippen LogP contribution in [0.1, 0.15) is 35.1 Å². The quantitative estimate of drug-likeness (QED) is 0.739. The molecular weight excluding hydrogens is 320 g/mol. The van der Waals surface area contributed by atoms with Gasteiger partial charge in [-0.25, -0.2) is 9.50 Å². The topological polar surface area (TPSA) is 92.4 Å². The van der Waals surface area contributed by atoms with E-state index >= 15 is 0 Å². The Balaban J connectivity index is 1.41. The molecule has 7 nitrogen and oxygen atoms in total. The number of nitrogens with one attached hydrogen (secondary N) is 2. The number of rotatable bonds is 5. The maximum atomic E-state index is 12.3. The monoisotopic (exact) mass is 340 g/mol. The van der Waals surface area contributed by atoms with Gasteiger partial charge >= 0.3 is 0 Å². The SMILES string of the molecule is Cc1nc2cc(=O)[nH]n2c(C)c1CC(=O)NC[C@@H]1C[C@H]1c1ccco1. The molecule has 2 N–H and O–H groups in total. The van der Waals surface area contributed by atoms with E-state index in [9.17, 15) is 9.59 Å². The lowest BCUT2D eigenvalue weighted by atomic mass is 10.1. The van der Waals surface area contributed by atoms with Gasteiger partial charge in [0.05, 0.1) is 12.7 Å². The van der Waals surface area contributed by atoms with Crippen LogP contribution in [0.3, 0.4) is 0 Å². The standard InChI is InChI=1S/C18H20N4O3/c1-10-13(11(2)22-16(20-10)8-18(24)21-22)7-17(23)19-9-12-6-14(12)15-4-3-5-25-15/h3-5,8,12,14H,6-7,9H2,1-2H3,(H,19,23)(H,21,24)/t12-,14+/m0/s1. The summed E-state index contributed by atoms with van der Waals surface area (Å²) >= 11 is 0. The summed E-state index contributed by atoms with van der Waals surface area (Å²) < 4.78 is 7.04. The molecule has 130 valence electrons. The number of aryl methyl sites for hydroxylation is 2. The number of amides is 1. The third-order valence-corrected chi connectivity index (χ3v) is 4.93. The Morgan fingerprint density at radius 2 is 2.32 bits per heavy atom. The summed E-state index contributed by atoms with van der Waals surface area (Å²) in [4.78, 5) is 28.2. The number of aromatic amines is 1. The van der Waals surface area contributed by atoms with Crippen LogP contribution in [-0.4, -0.2) is 27.0 Å². The number of aromatic nitrogens is 3. The smallest absolute Gasteiger partial charge is 0.266 e. The summed E-state index contributed by atoms with van der Waals surface area (Å²) in [6.07, 6.45) is 2.98. The lowest BCUT2D eigenvalue weighted by Crippen LogP contribution is -2.28. The first-order chi connectivity index (χ1) is 12.0. The van der Waals surface area contributed by atoms with Gasteiger partial charge in [-0.2, -0.15) is 0 Å². The van der Waals surface area contributed by atoms with Crippen molar-refractivity contribution in [3.8, 4) is 0 Å². The highest BCUT2D eigenvalue weighted by molar-refractivity contribution is 5.79. The molecule has 1 saturated carbocycles. The number of H-pyrrole nitrogens is 1. The molecule has 2 atom stereocenters. The Morgan fingerprint density at radius 3 is 3.08 bits per heavy atom. The molecule has 0 unspecified atom stereocenters. The van der Waals surface area contributed by atoms with Crippen molar-refractivity contribution in [1.29, 1.82) is 0 Å². The minimum absolute atomic E-state index is 0.0352. The molecular formula is C18H20N4O3. The Bertz CT molecular complexity index is 984. The van der Waals surface area contributed by atoms with Crippen LogP contribution in [0, 0.1) is 19.8 Å². The van der Waals surface area contributed by atoms with Gasteiger partial charge < -0.3 is 9.73 Å². The molecule has 1 fully saturated rings. The van der Waals surface area contributed by atoms with Crippen molar-refractivity contribution in [2.24, 2.45) is 5.92 Å². The van der Waals surface area contributed by atoms with E-state index in [0.29, 0.717) is 24.0 Å². The molecule has 1 aliphatic rings. The van der Waals surface area contributed by atoms with E-state index in [1.165, 1.54) is 6.07 Å². The highest BCUT2D eigenvalue weighted by Gasteiger charge is 2.40. The van der Waals surface area contributed by atoms with Crippen LogP contribution >= 0.6 is 0 Å². The van der Waals surface area contributed by atoms with Crippen LogP contribution in [0.4, 0.5) is 0 Å². The summed E-state index contributed by atoms with van der Waals surface area (Å²) in [5.74, 6) is 1.82. The second-order valence-electron chi connectivity index (χ2n) is 6.67. The van der Waals surface area contributed by atoms with Gasteiger partial charge in [-0.05, 0) is 38.3 Å². The van der Waals surface area contributed by atoms with Crippen LogP contribution in [-0.2, 0) is 11.2 Å². The van der Waals surface area contributed by atoms with Crippen molar-refractivity contribution in [3.05, 3.63) is 57.5 Å². The summed E-state index contributed by atoms with van der Waals surface area (Å²) in [6.45, 7) is 4.40. The summed E-state index contributed by atoms with van der Waals surface area (Å²) in [6, 6.07) is 5.33. The average Bonchev–Trinajstić information content (AvgIpc) is 2.96. The van der Waals surface area contributed by atoms with Gasteiger partial charge in [0, 0.05) is 35.5 Å². The molecule has 0 bridgehead atoms. The van der Waals surface area contributed by atoms with Gasteiger partial charge in [-0.15, -0.1) is 0 Å². The average molecular weight is 340 g/mol. The third kappa shape index (κ3) is 2.97. The maximum absolute atomic E-state index is 12.3. The second-order valence-corrected chi connectivity index (χ2v) is 6.67. The Morgan fingerprint density at radius 1 is 1.48 bits per heavy atom. The van der Waals surface area contributed by atoms with Gasteiger partial charge in [0.1, 0.15) is 5.76 Å². The lowest BCUT2D eigenvalue weighted by molar-refractivity contribution is -0.120. The molecule has 0 spiro atoms. The first kappa shape index (κ1) is 15.7. The van der Waals surface area contributed by atoms with E-state index in [1.54, 1.807) is 10.8 Å². The molecule has 25 heavy (non-hydrogen) atoms. The molecule has 0 saturated heterocycles. The van der Waals surface area contributed by atoms with E-state index in [0.717, 1.165) is 29.1 Å². The number of furan rings is 1. The summed E-state index contributed by atoms with van der Waals surface area (Å²) in [7, 11) is 0. The first-order valence-electron chi connectivity index (χ1n) is 8.41. The zero-order chi connectivity index (χ0) is 17.6. The van der Waals surface area contributed by atoms with Crippen LogP contribution in [0.15, 0.2) is 33.7 Å². The highest BCUT2D eigenvalue weighted by Crippen LogP contribution is 2.47. The van der Waals surface area contributed by atoms with Crippen molar-refractivity contribution in [2.75, 3.05) is 6.54 Å². The number of fused-ring (bicyclic) bond motifs is 1. The van der Waals surface area contributed by atoms with E-state index in [4.69, 9.17) is 4.42 Å². The van der Waals surface area contributed by atoms with Crippen LogP contribution < -0.4 is 10.9 Å². The minimum Gasteiger partial charge on any atom is -0.469 e. The predicted octanol–water partition coefficient (Wildman–Crippen LogP) is 1.69. The van der Waals surface area contributed by atoms with Crippen LogP contribution in [0.2, 0.25) is 0 Å². The second kappa shape index (κ2) is 5.91. The van der Waals surface area contributed by atoms with Gasteiger partial charge in [0.25, 0.3) is 5.56 Å². The van der Waals surface area contributed by atoms with Gasteiger partial charge in [-0.3, -0.25) is 14.7 Å². The van der Waals surface area contributed by atoms with Crippen molar-refractivity contribution in [1.82, 2.24) is 19.9 Å². The highest BCUT2D eigenvalue weighted by atomic mass is 16.3. The Hall–Kier alpha value is -2.83. The molecule has 1 amide bonds. The number of hydrogen-bond donors (Lipinski definition) is 2. The zero-order valence-corrected chi connectivity index (χ0v) is 14.2. The maximum Gasteiger partial charge on any atom is 0.266 e. The molecule has 3 aromatic heterocycles. The molecule has 3 aromatic rings. The summed E-state index contributed by atoms with van der Waals surface area (Å²) in [5.41, 5.74) is 2.82. The fraction of sp³-hybridized carbons (Fsp3) is 0.389. The van der Waals surface area contributed by atoms with Gasteiger partial charge in [-0.1, -0.05) is 0 Å². The first-order valence-corrected chi connectivity index (χ1v) is 8.41. The van der Waals surface area contributed by atoms with Crippen LogP contribution in [0.25, 0.3) is 5.65 Å². The number of carbonyl (C=O) groups is 1. The molecule has 7 heteroatoms.